The molecule has 3 aromatic rings. The molecule has 144 valence electrons. The smallest absolute Gasteiger partial charge is 0.435 e. The van der Waals surface area contributed by atoms with E-state index in [0.717, 1.165) is 10.7 Å². The van der Waals surface area contributed by atoms with Crippen molar-refractivity contribution in [3.05, 3.63) is 81.3 Å². The third-order valence-electron chi connectivity index (χ3n) is 4.32. The Morgan fingerprint density at radius 3 is 2.57 bits per heavy atom. The number of aromatic nitrogens is 2. The van der Waals surface area contributed by atoms with Crippen LogP contribution in [0.4, 0.5) is 18.9 Å². The van der Waals surface area contributed by atoms with Crippen LogP contribution in [-0.2, 0) is 17.5 Å². The number of fused-ring (bicyclic) bond motifs is 1. The van der Waals surface area contributed by atoms with Gasteiger partial charge in [-0.1, -0.05) is 29.8 Å². The molecule has 1 aromatic heterocycles. The first-order valence-electron chi connectivity index (χ1n) is 8.25. The molecule has 0 atom stereocenters. The number of ether oxygens (including phenoxy) is 1. The monoisotopic (exact) mass is 407 g/mol. The molecule has 2 heterocycles. The Morgan fingerprint density at radius 1 is 1.18 bits per heavy atom. The number of aryl methyl sites for hydroxylation is 1. The Labute approximate surface area is 162 Å². The molecule has 1 aliphatic heterocycles. The van der Waals surface area contributed by atoms with E-state index in [1.807, 2.05) is 0 Å². The van der Waals surface area contributed by atoms with Gasteiger partial charge in [-0.2, -0.15) is 18.3 Å². The van der Waals surface area contributed by atoms with E-state index in [1.54, 1.807) is 49.4 Å². The molecule has 0 saturated heterocycles. The second-order valence-electron chi connectivity index (χ2n) is 6.28. The molecule has 2 aromatic carbocycles. The summed E-state index contributed by atoms with van der Waals surface area (Å²) in [6.45, 7) is 1.71. The fourth-order valence-electron chi connectivity index (χ4n) is 3.13. The van der Waals surface area contributed by atoms with Gasteiger partial charge in [0.15, 0.2) is 11.4 Å². The highest BCUT2D eigenvalue weighted by Crippen LogP contribution is 2.34. The van der Waals surface area contributed by atoms with Crippen LogP contribution in [-0.4, -0.2) is 20.4 Å². The average Bonchev–Trinajstić information content (AvgIpc) is 3.07. The van der Waals surface area contributed by atoms with Crippen molar-refractivity contribution in [2.45, 2.75) is 19.7 Å². The second kappa shape index (κ2) is 6.56. The maximum atomic E-state index is 13.3. The fourth-order valence-corrected chi connectivity index (χ4v) is 3.42. The van der Waals surface area contributed by atoms with E-state index in [1.165, 1.54) is 0 Å². The minimum atomic E-state index is -4.67. The molecule has 1 aliphatic rings. The second-order valence-corrected chi connectivity index (χ2v) is 6.71. The summed E-state index contributed by atoms with van der Waals surface area (Å²) in [5.74, 6) is -0.259. The van der Waals surface area contributed by atoms with Crippen LogP contribution < -0.4 is 0 Å². The number of hydrogen-bond acceptors (Lipinski definition) is 3. The Morgan fingerprint density at radius 2 is 1.89 bits per heavy atom. The van der Waals surface area contributed by atoms with Gasteiger partial charge in [0.2, 0.25) is 5.69 Å². The molecule has 0 saturated carbocycles. The van der Waals surface area contributed by atoms with Gasteiger partial charge in [-0.15, -0.1) is 4.74 Å². The zero-order valence-corrected chi connectivity index (χ0v) is 15.3. The van der Waals surface area contributed by atoms with Crippen molar-refractivity contribution >= 4 is 23.2 Å². The largest absolute Gasteiger partial charge is 0.616 e. The Kier molecular flexibility index (Phi) is 4.30. The molecule has 4 rings (SSSR count). The predicted molar refractivity (Wildman–Crippen MR) is 96.9 cm³/mol. The summed E-state index contributed by atoms with van der Waals surface area (Å²) < 4.78 is 46.9. The summed E-state index contributed by atoms with van der Waals surface area (Å²) in [6, 6.07) is 12.3. The molecule has 0 spiro atoms. The van der Waals surface area contributed by atoms with Crippen LogP contribution in [0.15, 0.2) is 48.5 Å². The lowest BCUT2D eigenvalue weighted by Crippen LogP contribution is -2.25. The van der Waals surface area contributed by atoms with Crippen LogP contribution >= 0.6 is 11.6 Å². The van der Waals surface area contributed by atoms with Crippen molar-refractivity contribution in [3.63, 3.8) is 0 Å². The van der Waals surface area contributed by atoms with Gasteiger partial charge in [0.1, 0.15) is 6.61 Å². The number of alkyl halides is 3. The molecule has 0 bridgehead atoms. The molecule has 0 unspecified atom stereocenters. The van der Waals surface area contributed by atoms with Crippen LogP contribution in [0, 0.1) is 12.1 Å². The molecule has 0 fully saturated rings. The van der Waals surface area contributed by atoms with Gasteiger partial charge >= 0.3 is 12.1 Å². The zero-order chi connectivity index (χ0) is 20.1. The lowest BCUT2D eigenvalue weighted by Gasteiger charge is -2.20. The van der Waals surface area contributed by atoms with Crippen LogP contribution in [0.3, 0.4) is 0 Å². The van der Waals surface area contributed by atoms with Gasteiger partial charge in [0.25, 0.3) is 0 Å². The van der Waals surface area contributed by atoms with E-state index in [-0.39, 0.29) is 18.2 Å². The van der Waals surface area contributed by atoms with Crippen LogP contribution in [0.2, 0.25) is 5.02 Å². The zero-order valence-electron chi connectivity index (χ0n) is 14.5. The summed E-state index contributed by atoms with van der Waals surface area (Å²) in [5, 5.41) is 17.1. The van der Waals surface area contributed by atoms with Crippen LogP contribution in [0.5, 0.6) is 0 Å². The number of halogens is 4. The van der Waals surface area contributed by atoms with Crippen molar-refractivity contribution in [1.82, 2.24) is 9.78 Å². The van der Waals surface area contributed by atoms with Crippen molar-refractivity contribution < 1.29 is 22.6 Å². The average molecular weight is 408 g/mol. The van der Waals surface area contributed by atoms with E-state index < -0.39 is 11.9 Å². The van der Waals surface area contributed by atoms with Crippen molar-refractivity contribution in [2.75, 3.05) is 0 Å². The lowest BCUT2D eigenvalue weighted by molar-refractivity contribution is -0.380. The normalized spacial score (nSPS) is 14.0. The Bertz CT molecular complexity index is 1090. The van der Waals surface area contributed by atoms with Gasteiger partial charge in [-0.3, -0.25) is 0 Å². The van der Waals surface area contributed by atoms with Crippen molar-refractivity contribution in [2.24, 2.45) is 0 Å². The highest BCUT2D eigenvalue weighted by atomic mass is 35.5. The molecular formula is C19H13ClF3N3O2. The number of nitrogens with zero attached hydrogens (tertiary/aromatic N) is 3. The van der Waals surface area contributed by atoms with Gasteiger partial charge < -0.3 is 9.94 Å². The molecule has 0 amide bonds. The number of rotatable bonds is 2. The number of para-hydroxylation sites is 1. The first kappa shape index (κ1) is 18.4. The summed E-state index contributed by atoms with van der Waals surface area (Å²) in [4.78, 5) is 0. The minimum Gasteiger partial charge on any atom is -0.616 e. The van der Waals surface area contributed by atoms with Crippen LogP contribution in [0.1, 0.15) is 22.5 Å². The molecule has 28 heavy (non-hydrogen) atoms. The van der Waals surface area contributed by atoms with E-state index in [4.69, 9.17) is 16.3 Å². The summed E-state index contributed by atoms with van der Waals surface area (Å²) in [5.41, 5.74) is 0.629. The Balaban J connectivity index is 1.95. The number of benzene rings is 2. The molecule has 9 heteroatoms. The molecular weight excluding hydrogens is 395 g/mol. The lowest BCUT2D eigenvalue weighted by atomic mass is 10.1. The molecule has 0 aliphatic carbocycles. The third kappa shape index (κ3) is 3.09. The summed E-state index contributed by atoms with van der Waals surface area (Å²) in [7, 11) is 0. The van der Waals surface area contributed by atoms with E-state index in [9.17, 15) is 18.4 Å². The summed E-state index contributed by atoms with van der Waals surface area (Å²) >= 11 is 6.02. The molecule has 0 N–H and O–H groups in total. The molecule has 0 radical (unpaired) electrons. The van der Waals surface area contributed by atoms with Gasteiger partial charge in [-0.25, -0.2) is 4.68 Å². The standard InChI is InChI=1S/C19H13ClF3N3O2/c1-11-7-13(20)8-12-10-28-18(26(27)17(11)12)15-9-16(19(21,22)23)24-25(15)14-5-3-2-4-6-14/h2-9H,10H2,1H3. The van der Waals surface area contributed by atoms with E-state index in [2.05, 4.69) is 5.10 Å². The molecule has 5 nitrogen and oxygen atoms in total. The maximum Gasteiger partial charge on any atom is 0.435 e. The van der Waals surface area contributed by atoms with Gasteiger partial charge in [0, 0.05) is 16.7 Å². The first-order chi connectivity index (χ1) is 13.3. The van der Waals surface area contributed by atoms with Gasteiger partial charge in [-0.05, 0) is 31.2 Å². The van der Waals surface area contributed by atoms with Gasteiger partial charge in [0.05, 0.1) is 11.3 Å². The topological polar surface area (TPSA) is 53.1 Å². The summed E-state index contributed by atoms with van der Waals surface area (Å²) in [6.07, 6.45) is -4.67. The Hall–Kier alpha value is -3.00. The highest BCUT2D eigenvalue weighted by Gasteiger charge is 2.39. The predicted octanol–water partition coefficient (Wildman–Crippen LogP) is 4.97. The highest BCUT2D eigenvalue weighted by molar-refractivity contribution is 6.30. The quantitative estimate of drug-likeness (QED) is 0.445. The first-order valence-corrected chi connectivity index (χ1v) is 8.62. The van der Waals surface area contributed by atoms with Crippen LogP contribution in [0.25, 0.3) is 5.69 Å². The number of hydrogen-bond donors (Lipinski definition) is 0. The minimum absolute atomic E-state index is 0.00608. The van der Waals surface area contributed by atoms with E-state index >= 15 is 0 Å². The fraction of sp³-hybridized carbons (Fsp3) is 0.158. The maximum absolute atomic E-state index is 13.3. The van der Waals surface area contributed by atoms with Crippen molar-refractivity contribution in [1.29, 1.82) is 0 Å². The van der Waals surface area contributed by atoms with E-state index in [0.29, 0.717) is 32.3 Å². The SMILES string of the molecule is Cc1cc(Cl)cc2c1[N+]([O-])=C(c1cc(C(F)(F)F)nn1-c1ccccc1)OC2. The third-order valence-corrected chi connectivity index (χ3v) is 4.53. The van der Waals surface area contributed by atoms with Crippen molar-refractivity contribution in [3.8, 4) is 5.69 Å².